The molecule has 1 fully saturated rings. The SMILES string of the molecule is CCCC(C)C(NCC)c1cccc(OC2CC2)c1. The molecule has 2 heteroatoms. The van der Waals surface area contributed by atoms with Crippen LogP contribution in [0, 0.1) is 5.92 Å². The van der Waals surface area contributed by atoms with Gasteiger partial charge in [-0.3, -0.25) is 0 Å². The van der Waals surface area contributed by atoms with Gasteiger partial charge in [0, 0.05) is 6.04 Å². The zero-order valence-corrected chi connectivity index (χ0v) is 12.5. The van der Waals surface area contributed by atoms with Gasteiger partial charge in [-0.1, -0.05) is 39.3 Å². The second-order valence-electron chi connectivity index (χ2n) is 5.69. The smallest absolute Gasteiger partial charge is 0.120 e. The Balaban J connectivity index is 2.09. The minimum atomic E-state index is 0.438. The van der Waals surface area contributed by atoms with Crippen LogP contribution < -0.4 is 10.1 Å². The van der Waals surface area contributed by atoms with Crippen LogP contribution >= 0.6 is 0 Å². The zero-order valence-electron chi connectivity index (χ0n) is 12.5. The maximum atomic E-state index is 5.91. The van der Waals surface area contributed by atoms with Crippen molar-refractivity contribution >= 4 is 0 Å². The van der Waals surface area contributed by atoms with Crippen LogP contribution in [-0.4, -0.2) is 12.6 Å². The summed E-state index contributed by atoms with van der Waals surface area (Å²) in [5.74, 6) is 1.69. The fourth-order valence-corrected chi connectivity index (χ4v) is 2.65. The molecular formula is C17H27NO. The Labute approximate surface area is 117 Å². The summed E-state index contributed by atoms with van der Waals surface area (Å²) in [6, 6.07) is 9.08. The minimum Gasteiger partial charge on any atom is -0.490 e. The van der Waals surface area contributed by atoms with E-state index in [9.17, 15) is 0 Å². The maximum absolute atomic E-state index is 5.91. The van der Waals surface area contributed by atoms with E-state index < -0.39 is 0 Å². The average Bonchev–Trinajstić information content (AvgIpc) is 3.20. The second kappa shape index (κ2) is 6.95. The van der Waals surface area contributed by atoms with E-state index in [0.717, 1.165) is 12.3 Å². The van der Waals surface area contributed by atoms with Gasteiger partial charge >= 0.3 is 0 Å². The van der Waals surface area contributed by atoms with Gasteiger partial charge in [-0.15, -0.1) is 0 Å². The van der Waals surface area contributed by atoms with E-state index in [2.05, 4.69) is 50.4 Å². The van der Waals surface area contributed by atoms with Crippen molar-refractivity contribution in [3.05, 3.63) is 29.8 Å². The highest BCUT2D eigenvalue weighted by atomic mass is 16.5. The van der Waals surface area contributed by atoms with Crippen molar-refractivity contribution in [1.29, 1.82) is 0 Å². The van der Waals surface area contributed by atoms with Crippen LogP contribution in [0.25, 0.3) is 0 Å². The maximum Gasteiger partial charge on any atom is 0.120 e. The molecule has 1 N–H and O–H groups in total. The van der Waals surface area contributed by atoms with E-state index in [1.54, 1.807) is 0 Å². The van der Waals surface area contributed by atoms with E-state index in [1.807, 2.05) is 0 Å². The predicted molar refractivity (Wildman–Crippen MR) is 80.6 cm³/mol. The summed E-state index contributed by atoms with van der Waals surface area (Å²) < 4.78 is 5.91. The number of rotatable bonds is 8. The first kappa shape index (κ1) is 14.4. The molecule has 2 rings (SSSR count). The van der Waals surface area contributed by atoms with E-state index in [0.29, 0.717) is 18.1 Å². The molecule has 2 nitrogen and oxygen atoms in total. The van der Waals surface area contributed by atoms with E-state index in [1.165, 1.54) is 31.2 Å². The van der Waals surface area contributed by atoms with Crippen LogP contribution in [0.15, 0.2) is 24.3 Å². The van der Waals surface area contributed by atoms with Crippen LogP contribution in [0.5, 0.6) is 5.75 Å². The molecule has 0 aromatic heterocycles. The normalized spacial score (nSPS) is 18.1. The molecule has 106 valence electrons. The van der Waals surface area contributed by atoms with Crippen molar-refractivity contribution in [1.82, 2.24) is 5.32 Å². The molecule has 1 saturated carbocycles. The molecule has 0 aliphatic heterocycles. The Hall–Kier alpha value is -1.02. The van der Waals surface area contributed by atoms with E-state index in [4.69, 9.17) is 4.74 Å². The van der Waals surface area contributed by atoms with Crippen molar-refractivity contribution in [2.75, 3.05) is 6.54 Å². The number of benzene rings is 1. The van der Waals surface area contributed by atoms with Gasteiger partial charge in [0.25, 0.3) is 0 Å². The molecule has 0 spiro atoms. The Kier molecular flexibility index (Phi) is 5.26. The highest BCUT2D eigenvalue weighted by Crippen LogP contribution is 2.31. The summed E-state index contributed by atoms with van der Waals surface area (Å²) in [4.78, 5) is 0. The number of nitrogens with one attached hydrogen (secondary N) is 1. The van der Waals surface area contributed by atoms with Crippen molar-refractivity contribution in [3.63, 3.8) is 0 Å². The van der Waals surface area contributed by atoms with Gasteiger partial charge in [-0.2, -0.15) is 0 Å². The Morgan fingerprint density at radius 1 is 1.32 bits per heavy atom. The fraction of sp³-hybridized carbons (Fsp3) is 0.647. The van der Waals surface area contributed by atoms with Gasteiger partial charge < -0.3 is 10.1 Å². The Morgan fingerprint density at radius 3 is 2.74 bits per heavy atom. The van der Waals surface area contributed by atoms with Crippen molar-refractivity contribution in [2.24, 2.45) is 5.92 Å². The number of hydrogen-bond acceptors (Lipinski definition) is 2. The summed E-state index contributed by atoms with van der Waals surface area (Å²) in [6.45, 7) is 7.78. The minimum absolute atomic E-state index is 0.438. The summed E-state index contributed by atoms with van der Waals surface area (Å²) in [6.07, 6.45) is 5.40. The van der Waals surface area contributed by atoms with Gasteiger partial charge in [0.05, 0.1) is 6.10 Å². The van der Waals surface area contributed by atoms with Crippen LogP contribution in [-0.2, 0) is 0 Å². The van der Waals surface area contributed by atoms with E-state index in [-0.39, 0.29) is 0 Å². The standard InChI is InChI=1S/C17H27NO/c1-4-7-13(3)17(18-5-2)14-8-6-9-16(12-14)19-15-10-11-15/h6,8-9,12-13,15,17-18H,4-5,7,10-11H2,1-3H3. The third-order valence-electron chi connectivity index (χ3n) is 3.78. The molecule has 1 aromatic carbocycles. The van der Waals surface area contributed by atoms with Gasteiger partial charge in [0.1, 0.15) is 5.75 Å². The molecule has 2 unspecified atom stereocenters. The molecule has 1 aliphatic rings. The second-order valence-corrected chi connectivity index (χ2v) is 5.69. The predicted octanol–water partition coefficient (Wildman–Crippen LogP) is 4.31. The quantitative estimate of drug-likeness (QED) is 0.752. The molecule has 1 aromatic rings. The average molecular weight is 261 g/mol. The Morgan fingerprint density at radius 2 is 2.11 bits per heavy atom. The summed E-state index contributed by atoms with van der Waals surface area (Å²) >= 11 is 0. The molecular weight excluding hydrogens is 234 g/mol. The lowest BCUT2D eigenvalue weighted by Crippen LogP contribution is -2.26. The molecule has 0 amide bonds. The number of hydrogen-bond donors (Lipinski definition) is 1. The lowest BCUT2D eigenvalue weighted by atomic mass is 9.91. The monoisotopic (exact) mass is 261 g/mol. The lowest BCUT2D eigenvalue weighted by Gasteiger charge is -2.25. The van der Waals surface area contributed by atoms with Gasteiger partial charge in [-0.05, 0) is 49.4 Å². The molecule has 0 heterocycles. The largest absolute Gasteiger partial charge is 0.490 e. The van der Waals surface area contributed by atoms with Gasteiger partial charge in [0.15, 0.2) is 0 Å². The highest BCUT2D eigenvalue weighted by molar-refractivity contribution is 5.31. The zero-order chi connectivity index (χ0) is 13.7. The lowest BCUT2D eigenvalue weighted by molar-refractivity contribution is 0.301. The first-order chi connectivity index (χ1) is 9.24. The van der Waals surface area contributed by atoms with Crippen LogP contribution in [0.1, 0.15) is 58.1 Å². The van der Waals surface area contributed by atoms with Crippen LogP contribution in [0.4, 0.5) is 0 Å². The third-order valence-corrected chi connectivity index (χ3v) is 3.78. The van der Waals surface area contributed by atoms with Crippen molar-refractivity contribution in [2.45, 2.75) is 58.6 Å². The summed E-state index contributed by atoms with van der Waals surface area (Å²) in [5, 5.41) is 3.62. The molecule has 2 atom stereocenters. The molecule has 0 bridgehead atoms. The summed E-state index contributed by atoms with van der Waals surface area (Å²) in [5.41, 5.74) is 1.36. The fourth-order valence-electron chi connectivity index (χ4n) is 2.65. The summed E-state index contributed by atoms with van der Waals surface area (Å²) in [7, 11) is 0. The molecule has 19 heavy (non-hydrogen) atoms. The molecule has 0 saturated heterocycles. The van der Waals surface area contributed by atoms with E-state index >= 15 is 0 Å². The molecule has 1 aliphatic carbocycles. The van der Waals surface area contributed by atoms with Gasteiger partial charge in [-0.25, -0.2) is 0 Å². The first-order valence-electron chi connectivity index (χ1n) is 7.74. The Bertz CT molecular complexity index is 387. The van der Waals surface area contributed by atoms with Gasteiger partial charge in [0.2, 0.25) is 0 Å². The van der Waals surface area contributed by atoms with Crippen molar-refractivity contribution < 1.29 is 4.74 Å². The highest BCUT2D eigenvalue weighted by Gasteiger charge is 2.24. The number of ether oxygens (including phenoxy) is 1. The van der Waals surface area contributed by atoms with Crippen LogP contribution in [0.3, 0.4) is 0 Å². The van der Waals surface area contributed by atoms with Crippen LogP contribution in [0.2, 0.25) is 0 Å². The van der Waals surface area contributed by atoms with Crippen molar-refractivity contribution in [3.8, 4) is 5.75 Å². The topological polar surface area (TPSA) is 21.3 Å². The molecule has 0 radical (unpaired) electrons. The first-order valence-corrected chi connectivity index (χ1v) is 7.74. The third kappa shape index (κ3) is 4.24.